The Hall–Kier alpha value is -0.570. The molecule has 2 aliphatic carbocycles. The number of amides is 1. The van der Waals surface area contributed by atoms with Crippen molar-refractivity contribution in [1.82, 2.24) is 5.32 Å². The van der Waals surface area contributed by atoms with Gasteiger partial charge in [0.2, 0.25) is 5.91 Å². The third-order valence-electron chi connectivity index (χ3n) is 4.98. The quantitative estimate of drug-likeness (QED) is 0.806. The van der Waals surface area contributed by atoms with Gasteiger partial charge in [-0.1, -0.05) is 45.4 Å². The zero-order valence-corrected chi connectivity index (χ0v) is 13.2. The lowest BCUT2D eigenvalue weighted by atomic mass is 9.88. The molecule has 2 saturated carbocycles. The second-order valence-electron chi connectivity index (χ2n) is 6.90. The van der Waals surface area contributed by atoms with E-state index in [0.29, 0.717) is 0 Å². The standard InChI is InChI=1S/C17H31NO2/c1-13-6-5-9-16(12-13)20-14(2)17(19)18-11-10-15-7-3-4-8-15/h13-16H,3-12H2,1-2H3,(H,18,19). The highest BCUT2D eigenvalue weighted by molar-refractivity contribution is 5.80. The molecular weight excluding hydrogens is 250 g/mol. The Kier molecular flexibility index (Phi) is 6.34. The fraction of sp³-hybridized carbons (Fsp3) is 0.941. The molecule has 0 saturated heterocycles. The number of rotatable bonds is 6. The van der Waals surface area contributed by atoms with Crippen LogP contribution in [0.3, 0.4) is 0 Å². The number of ether oxygens (including phenoxy) is 1. The molecular formula is C17H31NO2. The molecule has 1 N–H and O–H groups in total. The molecule has 0 aromatic rings. The molecule has 0 aromatic carbocycles. The average molecular weight is 281 g/mol. The zero-order chi connectivity index (χ0) is 14.4. The molecule has 0 aromatic heterocycles. The van der Waals surface area contributed by atoms with Gasteiger partial charge in [-0.25, -0.2) is 0 Å². The third-order valence-corrected chi connectivity index (χ3v) is 4.98. The summed E-state index contributed by atoms with van der Waals surface area (Å²) in [6, 6.07) is 0. The van der Waals surface area contributed by atoms with Gasteiger partial charge in [0.25, 0.3) is 0 Å². The Morgan fingerprint density at radius 2 is 1.95 bits per heavy atom. The lowest BCUT2D eigenvalue weighted by Gasteiger charge is -2.29. The Bertz CT molecular complexity index is 299. The number of hydrogen-bond donors (Lipinski definition) is 1. The van der Waals surface area contributed by atoms with E-state index in [4.69, 9.17) is 4.74 Å². The molecule has 3 heteroatoms. The van der Waals surface area contributed by atoms with Gasteiger partial charge in [0.05, 0.1) is 6.10 Å². The molecule has 20 heavy (non-hydrogen) atoms. The van der Waals surface area contributed by atoms with Crippen molar-refractivity contribution in [3.63, 3.8) is 0 Å². The van der Waals surface area contributed by atoms with Crippen molar-refractivity contribution in [3.8, 4) is 0 Å². The van der Waals surface area contributed by atoms with E-state index in [2.05, 4.69) is 12.2 Å². The molecule has 1 amide bonds. The van der Waals surface area contributed by atoms with Crippen LogP contribution in [0.15, 0.2) is 0 Å². The summed E-state index contributed by atoms with van der Waals surface area (Å²) in [6.07, 6.45) is 11.3. The van der Waals surface area contributed by atoms with Gasteiger partial charge < -0.3 is 10.1 Å². The first-order valence-electron chi connectivity index (χ1n) is 8.58. The normalized spacial score (nSPS) is 29.3. The second kappa shape index (κ2) is 8.02. The highest BCUT2D eigenvalue weighted by atomic mass is 16.5. The molecule has 3 atom stereocenters. The third kappa shape index (κ3) is 5.08. The van der Waals surface area contributed by atoms with Crippen LogP contribution < -0.4 is 5.32 Å². The van der Waals surface area contributed by atoms with E-state index in [1.807, 2.05) is 6.92 Å². The van der Waals surface area contributed by atoms with Gasteiger partial charge in [0.1, 0.15) is 6.10 Å². The van der Waals surface area contributed by atoms with Crippen LogP contribution >= 0.6 is 0 Å². The van der Waals surface area contributed by atoms with Crippen LogP contribution in [0.5, 0.6) is 0 Å². The van der Waals surface area contributed by atoms with Crippen molar-refractivity contribution in [2.45, 2.75) is 83.8 Å². The second-order valence-corrected chi connectivity index (χ2v) is 6.90. The molecule has 3 nitrogen and oxygen atoms in total. The van der Waals surface area contributed by atoms with Gasteiger partial charge in [-0.3, -0.25) is 4.79 Å². The molecule has 0 heterocycles. The van der Waals surface area contributed by atoms with Gasteiger partial charge in [0.15, 0.2) is 0 Å². The fourth-order valence-corrected chi connectivity index (χ4v) is 3.69. The summed E-state index contributed by atoms with van der Waals surface area (Å²) in [5.41, 5.74) is 0. The summed E-state index contributed by atoms with van der Waals surface area (Å²) in [5, 5.41) is 3.05. The van der Waals surface area contributed by atoms with Crippen molar-refractivity contribution in [1.29, 1.82) is 0 Å². The van der Waals surface area contributed by atoms with Gasteiger partial charge in [0, 0.05) is 6.54 Å². The van der Waals surface area contributed by atoms with E-state index in [9.17, 15) is 4.79 Å². The first-order chi connectivity index (χ1) is 9.65. The van der Waals surface area contributed by atoms with Crippen molar-refractivity contribution in [2.24, 2.45) is 11.8 Å². The van der Waals surface area contributed by atoms with E-state index in [1.165, 1.54) is 38.5 Å². The number of carbonyl (C=O) groups is 1. The van der Waals surface area contributed by atoms with Crippen LogP contribution in [0.2, 0.25) is 0 Å². The topological polar surface area (TPSA) is 38.3 Å². The monoisotopic (exact) mass is 281 g/mol. The minimum atomic E-state index is -0.297. The van der Waals surface area contributed by atoms with E-state index in [1.54, 1.807) is 0 Å². The SMILES string of the molecule is CC1CCCC(OC(C)C(=O)NCCC2CCCC2)C1. The fourth-order valence-electron chi connectivity index (χ4n) is 3.69. The Labute approximate surface area is 123 Å². The molecule has 2 fully saturated rings. The van der Waals surface area contributed by atoms with Crippen LogP contribution in [0.1, 0.15) is 71.6 Å². The highest BCUT2D eigenvalue weighted by Gasteiger charge is 2.24. The minimum absolute atomic E-state index is 0.0706. The van der Waals surface area contributed by atoms with E-state index >= 15 is 0 Å². The first kappa shape index (κ1) is 15.8. The summed E-state index contributed by atoms with van der Waals surface area (Å²) >= 11 is 0. The molecule has 2 rings (SSSR count). The van der Waals surface area contributed by atoms with Crippen LogP contribution in [0.4, 0.5) is 0 Å². The summed E-state index contributed by atoms with van der Waals surface area (Å²) in [5.74, 6) is 1.65. The van der Waals surface area contributed by atoms with E-state index < -0.39 is 0 Å². The molecule has 0 bridgehead atoms. The van der Waals surface area contributed by atoms with Crippen LogP contribution in [0, 0.1) is 11.8 Å². The number of hydrogen-bond acceptors (Lipinski definition) is 2. The van der Waals surface area contributed by atoms with Crippen molar-refractivity contribution in [2.75, 3.05) is 6.54 Å². The van der Waals surface area contributed by atoms with Gasteiger partial charge >= 0.3 is 0 Å². The number of carbonyl (C=O) groups excluding carboxylic acids is 1. The van der Waals surface area contributed by atoms with Gasteiger partial charge in [-0.15, -0.1) is 0 Å². The summed E-state index contributed by atoms with van der Waals surface area (Å²) in [4.78, 5) is 12.0. The summed E-state index contributed by atoms with van der Waals surface area (Å²) in [6.45, 7) is 4.99. The van der Waals surface area contributed by atoms with Crippen molar-refractivity contribution < 1.29 is 9.53 Å². The Morgan fingerprint density at radius 3 is 2.65 bits per heavy atom. The average Bonchev–Trinajstić information content (AvgIpc) is 2.91. The molecule has 2 aliphatic rings. The predicted octanol–water partition coefficient (Wildman–Crippen LogP) is 3.67. The lowest BCUT2D eigenvalue weighted by Crippen LogP contribution is -2.38. The minimum Gasteiger partial charge on any atom is -0.365 e. The van der Waals surface area contributed by atoms with Gasteiger partial charge in [-0.05, 0) is 38.0 Å². The summed E-state index contributed by atoms with van der Waals surface area (Å²) < 4.78 is 5.93. The van der Waals surface area contributed by atoms with Crippen LogP contribution in [-0.4, -0.2) is 24.7 Å². The lowest BCUT2D eigenvalue weighted by molar-refractivity contribution is -0.137. The zero-order valence-electron chi connectivity index (χ0n) is 13.2. The largest absolute Gasteiger partial charge is 0.365 e. The first-order valence-corrected chi connectivity index (χ1v) is 8.58. The van der Waals surface area contributed by atoms with Gasteiger partial charge in [-0.2, -0.15) is 0 Å². The molecule has 0 radical (unpaired) electrons. The number of nitrogens with one attached hydrogen (secondary N) is 1. The maximum absolute atomic E-state index is 12.0. The van der Waals surface area contributed by atoms with Crippen molar-refractivity contribution in [3.05, 3.63) is 0 Å². The summed E-state index contributed by atoms with van der Waals surface area (Å²) in [7, 11) is 0. The highest BCUT2D eigenvalue weighted by Crippen LogP contribution is 2.27. The molecule has 0 aliphatic heterocycles. The Balaban J connectivity index is 1.61. The molecule has 3 unspecified atom stereocenters. The van der Waals surface area contributed by atoms with Crippen LogP contribution in [0.25, 0.3) is 0 Å². The molecule has 0 spiro atoms. The predicted molar refractivity (Wildman–Crippen MR) is 81.6 cm³/mol. The van der Waals surface area contributed by atoms with Crippen molar-refractivity contribution >= 4 is 5.91 Å². The Morgan fingerprint density at radius 1 is 1.20 bits per heavy atom. The maximum atomic E-state index is 12.0. The molecule has 116 valence electrons. The van der Waals surface area contributed by atoms with E-state index in [-0.39, 0.29) is 18.1 Å². The smallest absolute Gasteiger partial charge is 0.248 e. The van der Waals surface area contributed by atoms with E-state index in [0.717, 1.165) is 37.6 Å². The maximum Gasteiger partial charge on any atom is 0.248 e. The van der Waals surface area contributed by atoms with Crippen LogP contribution in [-0.2, 0) is 9.53 Å².